The third-order valence-electron chi connectivity index (χ3n) is 3.72. The van der Waals surface area contributed by atoms with Gasteiger partial charge >= 0.3 is 0 Å². The second-order valence-electron chi connectivity index (χ2n) is 5.32. The topological polar surface area (TPSA) is 45.2 Å². The zero-order valence-electron chi connectivity index (χ0n) is 12.4. The zero-order valence-corrected chi connectivity index (χ0v) is 14.9. The van der Waals surface area contributed by atoms with Gasteiger partial charge in [-0.05, 0) is 31.5 Å². The Morgan fingerprint density at radius 3 is 2.86 bits per heavy atom. The van der Waals surface area contributed by atoms with Crippen LogP contribution in [0.5, 0.6) is 0 Å². The first-order valence-electron chi connectivity index (χ1n) is 7.04. The summed E-state index contributed by atoms with van der Waals surface area (Å²) in [4.78, 5) is 18.5. The third-order valence-corrected chi connectivity index (χ3v) is 4.74. The summed E-state index contributed by atoms with van der Waals surface area (Å²) in [6.45, 7) is 1.64. The highest BCUT2D eigenvalue weighted by Crippen LogP contribution is 2.22. The van der Waals surface area contributed by atoms with Gasteiger partial charge in [0.05, 0.1) is 16.8 Å². The van der Waals surface area contributed by atoms with Gasteiger partial charge in [0.1, 0.15) is 5.01 Å². The summed E-state index contributed by atoms with van der Waals surface area (Å²) in [6, 6.07) is 8.46. The van der Waals surface area contributed by atoms with Gasteiger partial charge in [-0.2, -0.15) is 0 Å². The van der Waals surface area contributed by atoms with Gasteiger partial charge in [0.2, 0.25) is 5.91 Å². The number of amides is 1. The Balaban J connectivity index is 0.00000121. The summed E-state index contributed by atoms with van der Waals surface area (Å²) in [7, 11) is 1.86. The molecular weight excluding hydrogens is 341 g/mol. The first-order valence-corrected chi connectivity index (χ1v) is 7.86. The molecule has 2 aromatic rings. The first kappa shape index (κ1) is 19.2. The Bertz CT molecular complexity index is 581. The molecule has 1 amide bonds. The second kappa shape index (κ2) is 8.67. The molecule has 2 heterocycles. The lowest BCUT2D eigenvalue weighted by atomic mass is 10.1. The van der Waals surface area contributed by atoms with Gasteiger partial charge in [-0.3, -0.25) is 4.79 Å². The van der Waals surface area contributed by atoms with Crippen LogP contribution in [0.25, 0.3) is 10.2 Å². The molecule has 1 saturated heterocycles. The van der Waals surface area contributed by atoms with Crippen molar-refractivity contribution >= 4 is 52.3 Å². The van der Waals surface area contributed by atoms with E-state index in [9.17, 15) is 4.79 Å². The third kappa shape index (κ3) is 4.56. The van der Waals surface area contributed by atoms with Crippen LogP contribution in [0, 0.1) is 0 Å². The van der Waals surface area contributed by atoms with Gasteiger partial charge in [-0.1, -0.05) is 12.1 Å². The maximum atomic E-state index is 12.2. The van der Waals surface area contributed by atoms with Crippen molar-refractivity contribution in [3.63, 3.8) is 0 Å². The highest BCUT2D eigenvalue weighted by Gasteiger charge is 2.20. The molecule has 0 saturated carbocycles. The number of carbonyl (C=O) groups excluding carboxylic acids is 1. The maximum absolute atomic E-state index is 12.2. The zero-order chi connectivity index (χ0) is 13.9. The van der Waals surface area contributed by atoms with E-state index >= 15 is 0 Å². The molecule has 7 heteroatoms. The number of fused-ring (bicyclic) bond motifs is 1. The van der Waals surface area contributed by atoms with Gasteiger partial charge in [-0.25, -0.2) is 4.98 Å². The molecule has 122 valence electrons. The minimum atomic E-state index is 0. The SMILES string of the molecule is CN(Cc1nc2ccccc2s1)C(=O)CC1CCCN1.Cl.Cl. The van der Waals surface area contributed by atoms with Crippen molar-refractivity contribution in [2.45, 2.75) is 31.8 Å². The fourth-order valence-corrected chi connectivity index (χ4v) is 3.60. The quantitative estimate of drug-likeness (QED) is 0.908. The number of benzene rings is 1. The van der Waals surface area contributed by atoms with Crippen LogP contribution < -0.4 is 5.32 Å². The molecule has 22 heavy (non-hydrogen) atoms. The minimum Gasteiger partial charge on any atom is -0.339 e. The van der Waals surface area contributed by atoms with Crippen LogP contribution in [0.1, 0.15) is 24.3 Å². The number of aromatic nitrogens is 1. The molecular formula is C15H21Cl2N3OS. The molecule has 1 aliphatic heterocycles. The summed E-state index contributed by atoms with van der Waals surface area (Å²) >= 11 is 1.67. The number of hydrogen-bond donors (Lipinski definition) is 1. The molecule has 1 aliphatic rings. The van der Waals surface area contributed by atoms with Crippen molar-refractivity contribution in [3.8, 4) is 0 Å². The smallest absolute Gasteiger partial charge is 0.224 e. The Kier molecular flexibility index (Phi) is 7.56. The molecule has 0 bridgehead atoms. The Hall–Kier alpha value is -0.880. The molecule has 4 nitrogen and oxygen atoms in total. The fourth-order valence-electron chi connectivity index (χ4n) is 2.58. The van der Waals surface area contributed by atoms with Gasteiger partial charge in [0.15, 0.2) is 0 Å². The van der Waals surface area contributed by atoms with Gasteiger partial charge in [-0.15, -0.1) is 36.2 Å². The summed E-state index contributed by atoms with van der Waals surface area (Å²) in [5.74, 6) is 0.198. The van der Waals surface area contributed by atoms with Crippen LogP contribution in [-0.4, -0.2) is 35.4 Å². The van der Waals surface area contributed by atoms with Gasteiger partial charge in [0, 0.05) is 19.5 Å². The van der Waals surface area contributed by atoms with E-state index in [-0.39, 0.29) is 30.7 Å². The van der Waals surface area contributed by atoms with Crippen LogP contribution >= 0.6 is 36.2 Å². The average molecular weight is 362 g/mol. The average Bonchev–Trinajstić information content (AvgIpc) is 3.06. The van der Waals surface area contributed by atoms with E-state index < -0.39 is 0 Å². The first-order chi connectivity index (χ1) is 9.72. The summed E-state index contributed by atoms with van der Waals surface area (Å²) < 4.78 is 1.18. The van der Waals surface area contributed by atoms with Crippen molar-refractivity contribution in [1.82, 2.24) is 15.2 Å². The van der Waals surface area contributed by atoms with E-state index in [1.54, 1.807) is 16.2 Å². The number of para-hydroxylation sites is 1. The van der Waals surface area contributed by atoms with Crippen molar-refractivity contribution in [2.24, 2.45) is 0 Å². The standard InChI is InChI=1S/C15H19N3OS.2ClH/c1-18(15(19)9-11-5-4-8-16-11)10-14-17-12-6-2-3-7-13(12)20-14;;/h2-3,6-7,11,16H,4-5,8-10H2,1H3;2*1H. The number of carbonyl (C=O) groups is 1. The molecule has 1 unspecified atom stereocenters. The predicted octanol–water partition coefficient (Wildman–Crippen LogP) is 3.24. The molecule has 1 fully saturated rings. The molecule has 0 aliphatic carbocycles. The van der Waals surface area contributed by atoms with Crippen LogP contribution in [0.3, 0.4) is 0 Å². The predicted molar refractivity (Wildman–Crippen MR) is 96.2 cm³/mol. The van der Waals surface area contributed by atoms with E-state index in [2.05, 4.69) is 16.4 Å². The lowest BCUT2D eigenvalue weighted by molar-refractivity contribution is -0.130. The highest BCUT2D eigenvalue weighted by molar-refractivity contribution is 7.18. The number of nitrogens with zero attached hydrogens (tertiary/aromatic N) is 2. The summed E-state index contributed by atoms with van der Waals surface area (Å²) in [5, 5.41) is 4.37. The maximum Gasteiger partial charge on any atom is 0.224 e. The van der Waals surface area contributed by atoms with Crippen molar-refractivity contribution < 1.29 is 4.79 Å². The van der Waals surface area contributed by atoms with Gasteiger partial charge < -0.3 is 10.2 Å². The Labute approximate surface area is 147 Å². The van der Waals surface area contributed by atoms with E-state index in [1.165, 1.54) is 11.1 Å². The number of hydrogen-bond acceptors (Lipinski definition) is 4. The second-order valence-corrected chi connectivity index (χ2v) is 6.44. The molecule has 0 radical (unpaired) electrons. The fraction of sp³-hybridized carbons (Fsp3) is 0.467. The van der Waals surface area contributed by atoms with Crippen molar-refractivity contribution in [2.75, 3.05) is 13.6 Å². The normalized spacial score (nSPS) is 16.9. The van der Waals surface area contributed by atoms with Crippen LogP contribution in [-0.2, 0) is 11.3 Å². The molecule has 1 aromatic heterocycles. The van der Waals surface area contributed by atoms with Crippen LogP contribution in [0.15, 0.2) is 24.3 Å². The number of halogens is 2. The molecule has 0 spiro atoms. The van der Waals surface area contributed by atoms with E-state index in [0.29, 0.717) is 19.0 Å². The lowest BCUT2D eigenvalue weighted by Gasteiger charge is -2.18. The number of nitrogens with one attached hydrogen (secondary N) is 1. The Morgan fingerprint density at radius 2 is 2.18 bits per heavy atom. The summed E-state index contributed by atoms with van der Waals surface area (Å²) in [5.41, 5.74) is 1.02. The molecule has 1 atom stereocenters. The Morgan fingerprint density at radius 1 is 1.41 bits per heavy atom. The van der Waals surface area contributed by atoms with E-state index in [0.717, 1.165) is 23.5 Å². The molecule has 3 rings (SSSR count). The van der Waals surface area contributed by atoms with E-state index in [4.69, 9.17) is 0 Å². The monoisotopic (exact) mass is 361 g/mol. The van der Waals surface area contributed by atoms with Crippen molar-refractivity contribution in [1.29, 1.82) is 0 Å². The summed E-state index contributed by atoms with van der Waals surface area (Å²) in [6.07, 6.45) is 2.89. The largest absolute Gasteiger partial charge is 0.339 e. The number of thiazole rings is 1. The van der Waals surface area contributed by atoms with Gasteiger partial charge in [0.25, 0.3) is 0 Å². The molecule has 1 aromatic carbocycles. The highest BCUT2D eigenvalue weighted by atomic mass is 35.5. The molecule has 1 N–H and O–H groups in total. The number of rotatable bonds is 4. The van der Waals surface area contributed by atoms with Crippen molar-refractivity contribution in [3.05, 3.63) is 29.3 Å². The van der Waals surface area contributed by atoms with Crippen LogP contribution in [0.2, 0.25) is 0 Å². The van der Waals surface area contributed by atoms with Crippen LogP contribution in [0.4, 0.5) is 0 Å². The van der Waals surface area contributed by atoms with E-state index in [1.807, 2.05) is 25.2 Å². The lowest BCUT2D eigenvalue weighted by Crippen LogP contribution is -2.33. The minimum absolute atomic E-state index is 0.